The molecule has 0 aliphatic rings. The van der Waals surface area contributed by atoms with E-state index in [1.54, 1.807) is 0 Å². The van der Waals surface area contributed by atoms with E-state index in [0.29, 0.717) is 0 Å². The van der Waals surface area contributed by atoms with Gasteiger partial charge in [0.15, 0.2) is 0 Å². The average Bonchev–Trinajstić information content (AvgIpc) is 2.95. The highest BCUT2D eigenvalue weighted by molar-refractivity contribution is 6.03. The molecule has 0 aliphatic carbocycles. The van der Waals surface area contributed by atoms with Gasteiger partial charge < -0.3 is 0 Å². The van der Waals surface area contributed by atoms with Crippen LogP contribution in [-0.2, 0) is 0 Å². The Morgan fingerprint density at radius 1 is 0.222 bits per heavy atom. The van der Waals surface area contributed by atoms with Crippen molar-refractivity contribution in [2.45, 2.75) is 0 Å². The summed E-state index contributed by atoms with van der Waals surface area (Å²) in [4.78, 5) is 0. The van der Waals surface area contributed by atoms with Gasteiger partial charge in [-0.3, -0.25) is 0 Å². The second-order valence-corrected chi connectivity index (χ2v) is 8.95. The molecule has 0 N–H and O–H groups in total. The van der Waals surface area contributed by atoms with Crippen molar-refractivity contribution in [1.29, 1.82) is 0 Å². The Kier molecular flexibility index (Phi) is 6.00. The van der Waals surface area contributed by atoms with Gasteiger partial charge in [-0.15, -0.1) is 0 Å². The summed E-state index contributed by atoms with van der Waals surface area (Å²) in [5.41, 5.74) is 7.34. The molecule has 0 aromatic heterocycles. The summed E-state index contributed by atoms with van der Waals surface area (Å²) in [5.74, 6) is 0. The molecule has 0 saturated carbocycles. The third-order valence-electron chi connectivity index (χ3n) is 6.75. The highest BCUT2D eigenvalue weighted by Crippen LogP contribution is 2.34. The third kappa shape index (κ3) is 4.26. The topological polar surface area (TPSA) is 0 Å². The molecular formula is C36H26. The van der Waals surface area contributed by atoms with Crippen LogP contribution in [0.25, 0.3) is 54.9 Å². The summed E-state index contributed by atoms with van der Waals surface area (Å²) in [6.45, 7) is 0. The third-order valence-corrected chi connectivity index (χ3v) is 6.75. The number of rotatable bonds is 3. The first kappa shape index (κ1) is 21.8. The zero-order valence-electron chi connectivity index (χ0n) is 20.0. The molecule has 0 heterocycles. The van der Waals surface area contributed by atoms with Gasteiger partial charge in [0.25, 0.3) is 0 Å². The fraction of sp³-hybridized carbons (Fsp3) is 0. The quantitative estimate of drug-likeness (QED) is 0.247. The average molecular weight is 459 g/mol. The molecule has 0 amide bonds. The molecule has 6 aromatic rings. The molecule has 6 aromatic carbocycles. The largest absolute Gasteiger partial charge is 0.0622 e. The van der Waals surface area contributed by atoms with Crippen LogP contribution in [0.4, 0.5) is 0 Å². The number of benzene rings is 5. The molecule has 0 atom stereocenters. The Labute approximate surface area is 212 Å². The van der Waals surface area contributed by atoms with Gasteiger partial charge in [0, 0.05) is 0 Å². The van der Waals surface area contributed by atoms with Crippen LogP contribution in [0, 0.1) is 0 Å². The van der Waals surface area contributed by atoms with Crippen LogP contribution in [0.5, 0.6) is 0 Å². The Morgan fingerprint density at radius 2 is 0.583 bits per heavy atom. The van der Waals surface area contributed by atoms with Crippen LogP contribution < -0.4 is 0 Å². The van der Waals surface area contributed by atoms with Crippen molar-refractivity contribution in [3.63, 3.8) is 0 Å². The molecule has 0 heteroatoms. The Morgan fingerprint density at radius 3 is 1.19 bits per heavy atom. The highest BCUT2D eigenvalue weighted by atomic mass is 14.1. The lowest BCUT2D eigenvalue weighted by Gasteiger charge is -2.11. The van der Waals surface area contributed by atoms with E-state index in [1.165, 1.54) is 54.9 Å². The van der Waals surface area contributed by atoms with Gasteiger partial charge in [0.1, 0.15) is 0 Å². The standard InChI is InChI=1S/C36H26/c1-2-7-18-34(36-21-11-10-20-35(36)33(17-6-1)27-13-4-3-5-14-27)30-25-23-29(24-26-30)32-22-12-16-28-15-8-9-19-31(28)32/h1-26H. The Bertz CT molecular complexity index is 1700. The van der Waals surface area contributed by atoms with Crippen LogP contribution in [0.2, 0.25) is 0 Å². The summed E-state index contributed by atoms with van der Waals surface area (Å²) in [6.07, 6.45) is 0. The minimum absolute atomic E-state index is 1.20. The predicted molar refractivity (Wildman–Crippen MR) is 155 cm³/mol. The maximum Gasteiger partial charge on any atom is -0.00992 e. The van der Waals surface area contributed by atoms with Crippen LogP contribution >= 0.6 is 0 Å². The van der Waals surface area contributed by atoms with E-state index >= 15 is 0 Å². The molecule has 36 heavy (non-hydrogen) atoms. The van der Waals surface area contributed by atoms with Crippen molar-refractivity contribution >= 4 is 21.5 Å². The second-order valence-electron chi connectivity index (χ2n) is 8.95. The van der Waals surface area contributed by atoms with Crippen LogP contribution in [0.1, 0.15) is 0 Å². The minimum Gasteiger partial charge on any atom is -0.0622 e. The van der Waals surface area contributed by atoms with E-state index in [0.717, 1.165) is 0 Å². The SMILES string of the molecule is c1ccc(-c2ccccccc(-c3ccc(-c4cccc5ccccc45)cc3)c3ccccc23)cc1. The van der Waals surface area contributed by atoms with Crippen molar-refractivity contribution in [3.05, 3.63) is 158 Å². The summed E-state index contributed by atoms with van der Waals surface area (Å²) in [6, 6.07) is 56.3. The number of hydrogen-bond donors (Lipinski definition) is 0. The summed E-state index contributed by atoms with van der Waals surface area (Å²) < 4.78 is 0. The maximum atomic E-state index is 2.25. The fourth-order valence-electron chi connectivity index (χ4n) is 4.99. The fourth-order valence-corrected chi connectivity index (χ4v) is 4.99. The lowest BCUT2D eigenvalue weighted by molar-refractivity contribution is 1.62. The molecule has 0 spiro atoms. The first-order valence-corrected chi connectivity index (χ1v) is 12.4. The van der Waals surface area contributed by atoms with E-state index < -0.39 is 0 Å². The molecule has 0 saturated heterocycles. The van der Waals surface area contributed by atoms with Crippen molar-refractivity contribution in [1.82, 2.24) is 0 Å². The van der Waals surface area contributed by atoms with Crippen molar-refractivity contribution in [2.75, 3.05) is 0 Å². The lowest BCUT2D eigenvalue weighted by atomic mass is 9.93. The molecule has 0 aliphatic heterocycles. The van der Waals surface area contributed by atoms with Gasteiger partial charge in [0.2, 0.25) is 0 Å². The molecule has 0 nitrogen and oxygen atoms in total. The van der Waals surface area contributed by atoms with Gasteiger partial charge in [-0.2, -0.15) is 0 Å². The molecule has 0 radical (unpaired) electrons. The zero-order valence-corrected chi connectivity index (χ0v) is 20.0. The van der Waals surface area contributed by atoms with Gasteiger partial charge in [0.05, 0.1) is 0 Å². The smallest absolute Gasteiger partial charge is 0.00992 e. The van der Waals surface area contributed by atoms with Crippen LogP contribution in [0.3, 0.4) is 0 Å². The van der Waals surface area contributed by atoms with Gasteiger partial charge >= 0.3 is 0 Å². The minimum atomic E-state index is 1.20. The second kappa shape index (κ2) is 9.90. The van der Waals surface area contributed by atoms with Crippen molar-refractivity contribution < 1.29 is 0 Å². The normalized spacial score (nSPS) is 10.8. The molecule has 0 fully saturated rings. The molecule has 6 rings (SSSR count). The predicted octanol–water partition coefficient (Wildman–Crippen LogP) is 10.1. The molecular weight excluding hydrogens is 432 g/mol. The lowest BCUT2D eigenvalue weighted by Crippen LogP contribution is -1.84. The van der Waals surface area contributed by atoms with E-state index in [9.17, 15) is 0 Å². The first-order valence-electron chi connectivity index (χ1n) is 12.4. The summed E-state index contributed by atoms with van der Waals surface area (Å²) >= 11 is 0. The summed E-state index contributed by atoms with van der Waals surface area (Å²) in [5, 5.41) is 5.00. The zero-order chi connectivity index (χ0) is 24.2. The van der Waals surface area contributed by atoms with E-state index in [2.05, 4.69) is 158 Å². The number of hydrogen-bond acceptors (Lipinski definition) is 0. The molecule has 0 bridgehead atoms. The summed E-state index contributed by atoms with van der Waals surface area (Å²) in [7, 11) is 0. The highest BCUT2D eigenvalue weighted by Gasteiger charge is 2.08. The van der Waals surface area contributed by atoms with Crippen molar-refractivity contribution in [3.8, 4) is 33.4 Å². The molecule has 170 valence electrons. The Hall–Kier alpha value is -4.68. The maximum absolute atomic E-state index is 2.25. The monoisotopic (exact) mass is 458 g/mol. The van der Waals surface area contributed by atoms with E-state index in [4.69, 9.17) is 0 Å². The Balaban J connectivity index is 1.56. The van der Waals surface area contributed by atoms with Crippen LogP contribution in [-0.4, -0.2) is 0 Å². The van der Waals surface area contributed by atoms with Crippen LogP contribution in [0.15, 0.2) is 158 Å². The van der Waals surface area contributed by atoms with E-state index in [-0.39, 0.29) is 0 Å². The first-order chi connectivity index (χ1) is 17.9. The van der Waals surface area contributed by atoms with E-state index in [1.807, 2.05) is 0 Å². The molecule has 0 unspecified atom stereocenters. The van der Waals surface area contributed by atoms with Gasteiger partial charge in [-0.25, -0.2) is 0 Å². The van der Waals surface area contributed by atoms with Crippen molar-refractivity contribution in [2.24, 2.45) is 0 Å². The van der Waals surface area contributed by atoms with Gasteiger partial charge in [-0.05, 0) is 54.9 Å². The van der Waals surface area contributed by atoms with Gasteiger partial charge in [-0.1, -0.05) is 158 Å². The number of fused-ring (bicyclic) bond motifs is 2.